The second kappa shape index (κ2) is 7.46. The molecule has 136 valence electrons. The Balaban J connectivity index is 2.22. The van der Waals surface area contributed by atoms with Crippen molar-refractivity contribution in [3.63, 3.8) is 0 Å². The van der Waals surface area contributed by atoms with E-state index in [0.29, 0.717) is 10.6 Å². The van der Waals surface area contributed by atoms with Crippen LogP contribution < -0.4 is 5.32 Å². The topological polar surface area (TPSA) is 136 Å². The fraction of sp³-hybridized carbons (Fsp3) is 0.188. The van der Waals surface area contributed by atoms with Gasteiger partial charge in [0.1, 0.15) is 5.60 Å². The van der Waals surface area contributed by atoms with Crippen LogP contribution in [0.15, 0.2) is 42.5 Å². The Hall–Kier alpha value is -3.04. The maximum Gasteiger partial charge on any atom is 0.277 e. The van der Waals surface area contributed by atoms with Crippen molar-refractivity contribution in [2.45, 2.75) is 12.5 Å². The van der Waals surface area contributed by atoms with Crippen LogP contribution in [0.4, 0.5) is 11.4 Å². The van der Waals surface area contributed by atoms with Crippen molar-refractivity contribution in [2.75, 3.05) is 6.54 Å². The zero-order valence-corrected chi connectivity index (χ0v) is 14.3. The fourth-order valence-electron chi connectivity index (χ4n) is 2.22. The van der Waals surface area contributed by atoms with E-state index in [4.69, 9.17) is 11.6 Å². The summed E-state index contributed by atoms with van der Waals surface area (Å²) in [5.74, 6) is -0.792. The van der Waals surface area contributed by atoms with Crippen molar-refractivity contribution in [2.24, 2.45) is 0 Å². The lowest BCUT2D eigenvalue weighted by Gasteiger charge is -2.24. The van der Waals surface area contributed by atoms with Crippen molar-refractivity contribution < 1.29 is 19.7 Å². The molecule has 0 saturated heterocycles. The number of nitrogens with one attached hydrogen (secondary N) is 1. The third-order valence-electron chi connectivity index (χ3n) is 3.63. The van der Waals surface area contributed by atoms with Crippen molar-refractivity contribution >= 4 is 28.9 Å². The summed E-state index contributed by atoms with van der Waals surface area (Å²) in [7, 11) is 0. The Bertz CT molecular complexity index is 852. The van der Waals surface area contributed by atoms with Gasteiger partial charge in [0.2, 0.25) is 0 Å². The first-order valence-corrected chi connectivity index (χ1v) is 7.68. The van der Waals surface area contributed by atoms with E-state index in [-0.39, 0.29) is 12.1 Å². The average Bonchev–Trinajstić information content (AvgIpc) is 2.59. The number of nitro benzene ring substituents is 2. The summed E-state index contributed by atoms with van der Waals surface area (Å²) in [5, 5.41) is 35.1. The molecule has 1 atom stereocenters. The van der Waals surface area contributed by atoms with Crippen molar-refractivity contribution in [1.29, 1.82) is 0 Å². The van der Waals surface area contributed by atoms with Gasteiger partial charge in [0.25, 0.3) is 17.3 Å². The molecule has 2 aromatic rings. The molecule has 0 fully saturated rings. The number of rotatable bonds is 6. The normalized spacial score (nSPS) is 12.9. The van der Waals surface area contributed by atoms with Crippen LogP contribution in [0.1, 0.15) is 22.8 Å². The summed E-state index contributed by atoms with van der Waals surface area (Å²) in [4.78, 5) is 32.4. The molecule has 0 aliphatic heterocycles. The summed E-state index contributed by atoms with van der Waals surface area (Å²) in [6, 6.07) is 9.04. The molecule has 0 aliphatic carbocycles. The summed E-state index contributed by atoms with van der Waals surface area (Å²) < 4.78 is 0. The minimum absolute atomic E-state index is 0.233. The highest BCUT2D eigenvalue weighted by Gasteiger charge is 2.26. The third-order valence-corrected chi connectivity index (χ3v) is 3.86. The largest absolute Gasteiger partial charge is 0.384 e. The van der Waals surface area contributed by atoms with Gasteiger partial charge in [0.05, 0.1) is 28.0 Å². The van der Waals surface area contributed by atoms with Crippen LogP contribution in [0.2, 0.25) is 5.02 Å². The molecule has 1 amide bonds. The molecule has 2 aromatic carbocycles. The predicted octanol–water partition coefficient (Wildman–Crippen LogP) is 2.79. The van der Waals surface area contributed by atoms with Crippen molar-refractivity contribution in [3.05, 3.63) is 78.8 Å². The molecular formula is C16H14ClN3O6. The molecule has 0 bridgehead atoms. The molecule has 0 spiro atoms. The Kier molecular flexibility index (Phi) is 5.53. The van der Waals surface area contributed by atoms with Gasteiger partial charge < -0.3 is 10.4 Å². The maximum absolute atomic E-state index is 12.2. The van der Waals surface area contributed by atoms with Gasteiger partial charge >= 0.3 is 0 Å². The van der Waals surface area contributed by atoms with Gasteiger partial charge in [-0.15, -0.1) is 0 Å². The minimum Gasteiger partial charge on any atom is -0.384 e. The number of nitrogens with zero attached hydrogens (tertiary/aromatic N) is 2. The van der Waals surface area contributed by atoms with Crippen LogP contribution >= 0.6 is 11.6 Å². The standard InChI is InChI=1S/C16H14ClN3O6/c1-16(22,11-3-2-4-12(17)7-11)9-18-15(21)10-5-13(19(23)24)8-14(6-10)20(25)26/h2-8,22H,9H2,1H3,(H,18,21). The highest BCUT2D eigenvalue weighted by molar-refractivity contribution is 6.30. The van der Waals surface area contributed by atoms with E-state index < -0.39 is 32.7 Å². The molecule has 10 heteroatoms. The Morgan fingerprint density at radius 2 is 1.73 bits per heavy atom. The molecule has 1 unspecified atom stereocenters. The molecule has 0 aromatic heterocycles. The smallest absolute Gasteiger partial charge is 0.277 e. The quantitative estimate of drug-likeness (QED) is 0.585. The molecule has 0 heterocycles. The van der Waals surface area contributed by atoms with Crippen molar-refractivity contribution in [1.82, 2.24) is 5.32 Å². The van der Waals surface area contributed by atoms with Gasteiger partial charge in [0.15, 0.2) is 0 Å². The number of aliphatic hydroxyl groups is 1. The van der Waals surface area contributed by atoms with E-state index >= 15 is 0 Å². The first kappa shape index (κ1) is 19.3. The SMILES string of the molecule is CC(O)(CNC(=O)c1cc([N+](=O)[O-])cc([N+](=O)[O-])c1)c1cccc(Cl)c1. The monoisotopic (exact) mass is 379 g/mol. The zero-order valence-electron chi connectivity index (χ0n) is 13.5. The molecule has 2 N–H and O–H groups in total. The summed E-state index contributed by atoms with van der Waals surface area (Å²) in [6.07, 6.45) is 0. The summed E-state index contributed by atoms with van der Waals surface area (Å²) in [6.45, 7) is 1.22. The lowest BCUT2D eigenvalue weighted by Crippen LogP contribution is -2.38. The number of non-ortho nitro benzene ring substituents is 2. The number of hydrogen-bond donors (Lipinski definition) is 2. The predicted molar refractivity (Wildman–Crippen MR) is 93.1 cm³/mol. The third kappa shape index (κ3) is 4.52. The first-order chi connectivity index (χ1) is 12.1. The lowest BCUT2D eigenvalue weighted by atomic mass is 9.96. The van der Waals surface area contributed by atoms with Gasteiger partial charge in [-0.1, -0.05) is 23.7 Å². The Morgan fingerprint density at radius 3 is 2.23 bits per heavy atom. The summed E-state index contributed by atoms with van der Waals surface area (Å²) in [5.41, 5.74) is -2.42. The van der Waals surface area contributed by atoms with Crippen LogP contribution in [0, 0.1) is 20.2 Å². The molecular weight excluding hydrogens is 366 g/mol. The number of benzene rings is 2. The van der Waals surface area contributed by atoms with Crippen LogP contribution in [0.5, 0.6) is 0 Å². The maximum atomic E-state index is 12.2. The molecule has 26 heavy (non-hydrogen) atoms. The molecule has 0 saturated carbocycles. The van der Waals surface area contributed by atoms with Crippen LogP contribution in [0.25, 0.3) is 0 Å². The lowest BCUT2D eigenvalue weighted by molar-refractivity contribution is -0.394. The van der Waals surface area contributed by atoms with Gasteiger partial charge in [-0.2, -0.15) is 0 Å². The zero-order chi connectivity index (χ0) is 19.5. The highest BCUT2D eigenvalue weighted by Crippen LogP contribution is 2.24. The van der Waals surface area contributed by atoms with Crippen molar-refractivity contribution in [3.8, 4) is 0 Å². The Labute approximate surface area is 152 Å². The summed E-state index contributed by atoms with van der Waals surface area (Å²) >= 11 is 5.88. The van der Waals surface area contributed by atoms with Crippen LogP contribution in [-0.4, -0.2) is 27.4 Å². The number of hydrogen-bond acceptors (Lipinski definition) is 6. The van der Waals surface area contributed by atoms with E-state index in [1.807, 2.05) is 0 Å². The Morgan fingerprint density at radius 1 is 1.15 bits per heavy atom. The number of amides is 1. The van der Waals surface area contributed by atoms with Gasteiger partial charge in [-0.05, 0) is 24.6 Å². The number of nitro groups is 2. The van der Waals surface area contributed by atoms with E-state index in [2.05, 4.69) is 5.32 Å². The second-order valence-electron chi connectivity index (χ2n) is 5.72. The highest BCUT2D eigenvalue weighted by atomic mass is 35.5. The molecule has 0 aliphatic rings. The second-order valence-corrected chi connectivity index (χ2v) is 6.16. The van der Waals surface area contributed by atoms with Gasteiger partial charge in [0, 0.05) is 17.2 Å². The molecule has 0 radical (unpaired) electrons. The first-order valence-electron chi connectivity index (χ1n) is 7.30. The van der Waals surface area contributed by atoms with E-state index in [1.165, 1.54) is 13.0 Å². The van der Waals surface area contributed by atoms with Gasteiger partial charge in [-0.3, -0.25) is 25.0 Å². The minimum atomic E-state index is -1.47. The molecule has 9 nitrogen and oxygen atoms in total. The average molecular weight is 380 g/mol. The number of halogens is 1. The molecule has 2 rings (SSSR count). The number of carbonyl (C=O) groups is 1. The van der Waals surface area contributed by atoms with E-state index in [1.54, 1.807) is 18.2 Å². The fourth-order valence-corrected chi connectivity index (χ4v) is 2.41. The van der Waals surface area contributed by atoms with Crippen LogP contribution in [-0.2, 0) is 5.60 Å². The number of carbonyl (C=O) groups excluding carboxylic acids is 1. The van der Waals surface area contributed by atoms with E-state index in [9.17, 15) is 30.1 Å². The van der Waals surface area contributed by atoms with Gasteiger partial charge in [-0.25, -0.2) is 0 Å². The van der Waals surface area contributed by atoms with Crippen LogP contribution in [0.3, 0.4) is 0 Å². The van der Waals surface area contributed by atoms with E-state index in [0.717, 1.165) is 18.2 Å².